The molecule has 3 heteroatoms. The molecule has 0 heterocycles. The molecule has 0 bridgehead atoms. The van der Waals surface area contributed by atoms with Gasteiger partial charge in [0.15, 0.2) is 0 Å². The van der Waals surface area contributed by atoms with Gasteiger partial charge in [0.2, 0.25) is 0 Å². The summed E-state index contributed by atoms with van der Waals surface area (Å²) in [6.45, 7) is 0.282. The second-order valence-corrected chi connectivity index (χ2v) is 4.98. The first-order chi connectivity index (χ1) is 9.18. The van der Waals surface area contributed by atoms with E-state index in [1.165, 1.54) is 0 Å². The second-order valence-electron chi connectivity index (χ2n) is 4.98. The van der Waals surface area contributed by atoms with Gasteiger partial charge in [0.1, 0.15) is 12.1 Å². The van der Waals surface area contributed by atoms with Crippen LogP contribution in [0.1, 0.15) is 31.2 Å². The number of hydrogen-bond acceptors (Lipinski definition) is 2. The van der Waals surface area contributed by atoms with Crippen LogP contribution in [0.15, 0.2) is 30.3 Å². The molecule has 2 rings (SSSR count). The number of amides is 1. The second kappa shape index (κ2) is 5.79. The third-order valence-corrected chi connectivity index (χ3v) is 3.82. The molecular weight excluding hydrogens is 238 g/mol. The summed E-state index contributed by atoms with van der Waals surface area (Å²) < 4.78 is 5.32. The quantitative estimate of drug-likeness (QED) is 0.778. The Morgan fingerprint density at radius 3 is 2.58 bits per heavy atom. The third kappa shape index (κ3) is 2.90. The van der Waals surface area contributed by atoms with E-state index in [0.29, 0.717) is 0 Å². The summed E-state index contributed by atoms with van der Waals surface area (Å²) in [5, 5.41) is 0. The molecular formula is C16H19NO2. The van der Waals surface area contributed by atoms with Gasteiger partial charge in [-0.3, -0.25) is 4.90 Å². The highest BCUT2D eigenvalue weighted by molar-refractivity contribution is 5.69. The van der Waals surface area contributed by atoms with Crippen LogP contribution in [0.3, 0.4) is 0 Å². The van der Waals surface area contributed by atoms with Crippen molar-refractivity contribution in [1.82, 2.24) is 4.90 Å². The summed E-state index contributed by atoms with van der Waals surface area (Å²) in [7, 11) is 1.73. The molecule has 1 aliphatic rings. The summed E-state index contributed by atoms with van der Waals surface area (Å²) in [6, 6.07) is 9.64. The van der Waals surface area contributed by atoms with Crippen molar-refractivity contribution in [2.75, 3.05) is 7.05 Å². The lowest BCUT2D eigenvalue weighted by Crippen LogP contribution is -2.46. The van der Waals surface area contributed by atoms with Crippen molar-refractivity contribution in [3.05, 3.63) is 35.9 Å². The SMILES string of the molecule is C#CC1(N(C)C(=O)OCc2ccccc2)CCCC1. The van der Waals surface area contributed by atoms with Crippen molar-refractivity contribution in [1.29, 1.82) is 0 Å². The zero-order chi connectivity index (χ0) is 13.7. The number of carbonyl (C=O) groups is 1. The van der Waals surface area contributed by atoms with E-state index in [-0.39, 0.29) is 12.7 Å². The van der Waals surface area contributed by atoms with Gasteiger partial charge in [-0.05, 0) is 31.2 Å². The van der Waals surface area contributed by atoms with Gasteiger partial charge in [0.05, 0.1) is 0 Å². The van der Waals surface area contributed by atoms with E-state index in [4.69, 9.17) is 11.2 Å². The standard InChI is InChI=1S/C16H19NO2/c1-3-16(11-7-8-12-16)17(2)15(18)19-13-14-9-5-4-6-10-14/h1,4-6,9-10H,7-8,11-13H2,2H3. The Bertz CT molecular complexity index is 469. The zero-order valence-corrected chi connectivity index (χ0v) is 11.3. The number of carbonyl (C=O) groups excluding carboxylic acids is 1. The minimum absolute atomic E-state index is 0.282. The molecule has 0 N–H and O–H groups in total. The van der Waals surface area contributed by atoms with Crippen molar-refractivity contribution in [3.63, 3.8) is 0 Å². The molecule has 0 atom stereocenters. The van der Waals surface area contributed by atoms with Crippen molar-refractivity contribution < 1.29 is 9.53 Å². The van der Waals surface area contributed by atoms with Crippen LogP contribution in [0.25, 0.3) is 0 Å². The maximum atomic E-state index is 12.1. The summed E-state index contributed by atoms with van der Waals surface area (Å²) in [5.74, 6) is 2.78. The van der Waals surface area contributed by atoms with E-state index in [9.17, 15) is 4.79 Å². The van der Waals surface area contributed by atoms with Crippen LogP contribution in [0.5, 0.6) is 0 Å². The van der Waals surface area contributed by atoms with Crippen molar-refractivity contribution in [3.8, 4) is 12.3 Å². The fourth-order valence-corrected chi connectivity index (χ4v) is 2.53. The van der Waals surface area contributed by atoms with Crippen LogP contribution in [0.2, 0.25) is 0 Å². The number of hydrogen-bond donors (Lipinski definition) is 0. The number of terminal acetylenes is 1. The highest BCUT2D eigenvalue weighted by atomic mass is 16.6. The topological polar surface area (TPSA) is 29.5 Å². The van der Waals surface area contributed by atoms with Gasteiger partial charge >= 0.3 is 6.09 Å². The van der Waals surface area contributed by atoms with E-state index in [1.807, 2.05) is 30.3 Å². The van der Waals surface area contributed by atoms with Gasteiger partial charge in [-0.2, -0.15) is 0 Å². The van der Waals surface area contributed by atoms with E-state index >= 15 is 0 Å². The highest BCUT2D eigenvalue weighted by Crippen LogP contribution is 2.34. The predicted octanol–water partition coefficient (Wildman–Crippen LogP) is 3.20. The molecule has 0 spiro atoms. The number of nitrogens with zero attached hydrogens (tertiary/aromatic N) is 1. The van der Waals surface area contributed by atoms with Crippen LogP contribution in [0.4, 0.5) is 4.79 Å². The third-order valence-electron chi connectivity index (χ3n) is 3.82. The zero-order valence-electron chi connectivity index (χ0n) is 11.3. The van der Waals surface area contributed by atoms with Crippen LogP contribution in [-0.4, -0.2) is 23.6 Å². The maximum Gasteiger partial charge on any atom is 0.411 e. The Morgan fingerprint density at radius 2 is 2.00 bits per heavy atom. The van der Waals surface area contributed by atoms with Crippen LogP contribution < -0.4 is 0 Å². The van der Waals surface area contributed by atoms with Crippen molar-refractivity contribution in [2.45, 2.75) is 37.8 Å². The van der Waals surface area contributed by atoms with Gasteiger partial charge in [-0.1, -0.05) is 36.3 Å². The molecule has 1 amide bonds. The lowest BCUT2D eigenvalue weighted by molar-refractivity contribution is 0.0779. The minimum Gasteiger partial charge on any atom is -0.445 e. The first kappa shape index (κ1) is 13.5. The molecule has 19 heavy (non-hydrogen) atoms. The molecule has 0 saturated heterocycles. The van der Waals surface area contributed by atoms with E-state index < -0.39 is 5.54 Å². The fourth-order valence-electron chi connectivity index (χ4n) is 2.53. The lowest BCUT2D eigenvalue weighted by Gasteiger charge is -2.33. The summed E-state index contributed by atoms with van der Waals surface area (Å²) in [4.78, 5) is 13.7. The fraction of sp³-hybridized carbons (Fsp3) is 0.438. The molecule has 100 valence electrons. The molecule has 1 aromatic carbocycles. The molecule has 1 aromatic rings. The van der Waals surface area contributed by atoms with Gasteiger partial charge in [0, 0.05) is 7.05 Å². The molecule has 1 saturated carbocycles. The Balaban J connectivity index is 1.95. The van der Waals surface area contributed by atoms with Gasteiger partial charge in [-0.15, -0.1) is 6.42 Å². The van der Waals surface area contributed by atoms with Crippen LogP contribution in [-0.2, 0) is 11.3 Å². The molecule has 0 aliphatic heterocycles. The Labute approximate surface area is 114 Å². The highest BCUT2D eigenvalue weighted by Gasteiger charge is 2.39. The molecule has 1 fully saturated rings. The van der Waals surface area contributed by atoms with Crippen LogP contribution >= 0.6 is 0 Å². The number of ether oxygens (including phenoxy) is 1. The summed E-state index contributed by atoms with van der Waals surface area (Å²) in [5.41, 5.74) is 0.527. The van der Waals surface area contributed by atoms with Crippen LogP contribution in [0, 0.1) is 12.3 Å². The van der Waals surface area contributed by atoms with E-state index in [1.54, 1.807) is 11.9 Å². The van der Waals surface area contributed by atoms with Crippen molar-refractivity contribution in [2.24, 2.45) is 0 Å². The Kier molecular flexibility index (Phi) is 4.11. The average Bonchev–Trinajstić information content (AvgIpc) is 2.95. The number of benzene rings is 1. The predicted molar refractivity (Wildman–Crippen MR) is 74.4 cm³/mol. The Hall–Kier alpha value is -1.95. The van der Waals surface area contributed by atoms with Gasteiger partial charge in [0.25, 0.3) is 0 Å². The average molecular weight is 257 g/mol. The molecule has 0 aromatic heterocycles. The summed E-state index contributed by atoms with van der Waals surface area (Å²) in [6.07, 6.45) is 9.13. The van der Waals surface area contributed by atoms with E-state index in [2.05, 4.69) is 5.92 Å². The lowest BCUT2D eigenvalue weighted by atomic mass is 9.97. The molecule has 3 nitrogen and oxygen atoms in total. The van der Waals surface area contributed by atoms with E-state index in [0.717, 1.165) is 31.2 Å². The normalized spacial score (nSPS) is 16.6. The van der Waals surface area contributed by atoms with Crippen molar-refractivity contribution >= 4 is 6.09 Å². The largest absolute Gasteiger partial charge is 0.445 e. The van der Waals surface area contributed by atoms with Gasteiger partial charge in [-0.25, -0.2) is 4.79 Å². The molecule has 1 aliphatic carbocycles. The summed E-state index contributed by atoms with van der Waals surface area (Å²) >= 11 is 0. The number of rotatable bonds is 3. The maximum absolute atomic E-state index is 12.1. The van der Waals surface area contributed by atoms with Gasteiger partial charge < -0.3 is 4.74 Å². The molecule has 0 radical (unpaired) electrons. The molecule has 0 unspecified atom stereocenters. The first-order valence-corrected chi connectivity index (χ1v) is 6.60. The Morgan fingerprint density at radius 1 is 1.37 bits per heavy atom. The first-order valence-electron chi connectivity index (χ1n) is 6.60. The monoisotopic (exact) mass is 257 g/mol. The minimum atomic E-state index is -0.451. The smallest absolute Gasteiger partial charge is 0.411 e.